The lowest BCUT2D eigenvalue weighted by Crippen LogP contribution is -2.05. The molecule has 0 spiro atoms. The monoisotopic (exact) mass is 335 g/mol. The number of aryl methyl sites for hydroxylation is 1. The smallest absolute Gasteiger partial charge is 0.416 e. The summed E-state index contributed by atoms with van der Waals surface area (Å²) in [5.74, 6) is 0.118. The molecule has 0 atom stereocenters. The van der Waals surface area contributed by atoms with Crippen molar-refractivity contribution in [2.75, 3.05) is 11.1 Å². The minimum atomic E-state index is -4.40. The number of pyridine rings is 1. The van der Waals surface area contributed by atoms with E-state index in [1.807, 2.05) is 6.92 Å². The fraction of sp³-hybridized carbons (Fsp3) is 0.235. The second-order valence-corrected chi connectivity index (χ2v) is 5.43. The summed E-state index contributed by atoms with van der Waals surface area (Å²) in [7, 11) is 0. The van der Waals surface area contributed by atoms with Crippen LogP contribution >= 0.6 is 0 Å². The third kappa shape index (κ3) is 3.02. The van der Waals surface area contributed by atoms with Crippen LogP contribution in [0.3, 0.4) is 0 Å². The van der Waals surface area contributed by atoms with E-state index in [2.05, 4.69) is 10.3 Å². The first-order valence-electron chi connectivity index (χ1n) is 7.50. The number of furan rings is 1. The number of hydrogen-bond donors (Lipinski definition) is 2. The van der Waals surface area contributed by atoms with E-state index in [-0.39, 0.29) is 11.6 Å². The molecule has 0 radical (unpaired) electrons. The van der Waals surface area contributed by atoms with E-state index in [1.54, 1.807) is 18.3 Å². The van der Waals surface area contributed by atoms with E-state index in [1.165, 1.54) is 6.07 Å². The summed E-state index contributed by atoms with van der Waals surface area (Å²) in [6.45, 7) is 2.02. The summed E-state index contributed by atoms with van der Waals surface area (Å²) in [6, 6.07) is 6.66. The Morgan fingerprint density at radius 1 is 1.25 bits per heavy atom. The van der Waals surface area contributed by atoms with Gasteiger partial charge in [0.2, 0.25) is 5.88 Å². The van der Waals surface area contributed by atoms with Crippen molar-refractivity contribution < 1.29 is 17.6 Å². The van der Waals surface area contributed by atoms with Crippen LogP contribution < -0.4 is 11.1 Å². The first kappa shape index (κ1) is 16.2. The molecule has 24 heavy (non-hydrogen) atoms. The summed E-state index contributed by atoms with van der Waals surface area (Å²) in [4.78, 5) is 4.28. The summed E-state index contributed by atoms with van der Waals surface area (Å²) < 4.78 is 44.1. The van der Waals surface area contributed by atoms with Gasteiger partial charge in [0.1, 0.15) is 5.69 Å². The molecule has 2 aromatic heterocycles. The topological polar surface area (TPSA) is 64.1 Å². The highest BCUT2D eigenvalue weighted by Gasteiger charge is 2.30. The average molecular weight is 335 g/mol. The number of nitrogen functional groups attached to an aromatic ring is 1. The Hall–Kier alpha value is -2.70. The van der Waals surface area contributed by atoms with Crippen LogP contribution in [0.1, 0.15) is 24.6 Å². The predicted molar refractivity (Wildman–Crippen MR) is 87.1 cm³/mol. The molecule has 0 fully saturated rings. The van der Waals surface area contributed by atoms with Gasteiger partial charge in [-0.3, -0.25) is 4.98 Å². The summed E-state index contributed by atoms with van der Waals surface area (Å²) in [5, 5.41) is 3.63. The average Bonchev–Trinajstić information content (AvgIpc) is 2.85. The Kier molecular flexibility index (Phi) is 4.09. The van der Waals surface area contributed by atoms with Crippen molar-refractivity contribution in [3.05, 3.63) is 47.8 Å². The van der Waals surface area contributed by atoms with Gasteiger partial charge in [0.25, 0.3) is 0 Å². The third-order valence-electron chi connectivity index (χ3n) is 3.65. The van der Waals surface area contributed by atoms with Crippen LogP contribution in [0.4, 0.5) is 30.4 Å². The molecular formula is C17H16F3N3O. The summed E-state index contributed by atoms with van der Waals surface area (Å²) >= 11 is 0. The molecule has 3 rings (SSSR count). The normalized spacial score (nSPS) is 11.8. The van der Waals surface area contributed by atoms with Gasteiger partial charge in [-0.1, -0.05) is 19.4 Å². The number of anilines is 3. The molecule has 3 N–H and O–H groups in total. The molecule has 2 heterocycles. The highest BCUT2D eigenvalue weighted by Crippen LogP contribution is 2.37. The fourth-order valence-corrected chi connectivity index (χ4v) is 2.56. The minimum Gasteiger partial charge on any atom is -0.437 e. The maximum atomic E-state index is 12.8. The van der Waals surface area contributed by atoms with Crippen LogP contribution in [0.5, 0.6) is 0 Å². The van der Waals surface area contributed by atoms with E-state index in [0.717, 1.165) is 30.7 Å². The Morgan fingerprint density at radius 2 is 2.04 bits per heavy atom. The maximum absolute atomic E-state index is 12.8. The van der Waals surface area contributed by atoms with Crippen molar-refractivity contribution in [3.8, 4) is 0 Å². The lowest BCUT2D eigenvalue weighted by Gasteiger charge is -2.10. The van der Waals surface area contributed by atoms with Gasteiger partial charge in [0, 0.05) is 17.3 Å². The van der Waals surface area contributed by atoms with E-state index in [4.69, 9.17) is 10.2 Å². The zero-order chi connectivity index (χ0) is 17.3. The molecule has 1 aromatic carbocycles. The van der Waals surface area contributed by atoms with Gasteiger partial charge in [-0.25, -0.2) is 0 Å². The third-order valence-corrected chi connectivity index (χ3v) is 3.65. The second kappa shape index (κ2) is 6.07. The maximum Gasteiger partial charge on any atom is 0.416 e. The quantitative estimate of drug-likeness (QED) is 0.694. The van der Waals surface area contributed by atoms with E-state index < -0.39 is 11.7 Å². The number of nitrogens with one attached hydrogen (secondary N) is 1. The standard InChI is InChI=1S/C17H16F3N3O/c1-2-4-13-15-12(7-8-22-13)14(16(21)24-15)23-11-6-3-5-10(9-11)17(18,19)20/h3,5-9,23H,2,4,21H2,1H3. The van der Waals surface area contributed by atoms with Crippen LogP contribution in [-0.2, 0) is 12.6 Å². The molecule has 0 aliphatic heterocycles. The van der Waals surface area contributed by atoms with Gasteiger partial charge in [-0.05, 0) is 30.7 Å². The van der Waals surface area contributed by atoms with Crippen molar-refractivity contribution >= 4 is 28.2 Å². The van der Waals surface area contributed by atoms with Crippen molar-refractivity contribution in [1.29, 1.82) is 0 Å². The molecule has 4 nitrogen and oxygen atoms in total. The summed E-state index contributed by atoms with van der Waals surface area (Å²) in [6.07, 6.45) is -1.14. The lowest BCUT2D eigenvalue weighted by molar-refractivity contribution is -0.137. The molecule has 3 aromatic rings. The van der Waals surface area contributed by atoms with Gasteiger partial charge in [-0.15, -0.1) is 0 Å². The highest BCUT2D eigenvalue weighted by atomic mass is 19.4. The fourth-order valence-electron chi connectivity index (χ4n) is 2.56. The van der Waals surface area contributed by atoms with Gasteiger partial charge in [-0.2, -0.15) is 13.2 Å². The number of hydrogen-bond acceptors (Lipinski definition) is 4. The van der Waals surface area contributed by atoms with Crippen molar-refractivity contribution in [3.63, 3.8) is 0 Å². The molecule has 0 saturated heterocycles. The zero-order valence-corrected chi connectivity index (χ0v) is 12.9. The number of nitrogens with zero attached hydrogens (tertiary/aromatic N) is 1. The molecule has 0 aliphatic carbocycles. The molecule has 0 amide bonds. The van der Waals surface area contributed by atoms with Gasteiger partial charge in [0.15, 0.2) is 5.58 Å². The largest absolute Gasteiger partial charge is 0.437 e. The number of aromatic nitrogens is 1. The SMILES string of the molecule is CCCc1nccc2c(Nc3cccc(C(F)(F)F)c3)c(N)oc12. The lowest BCUT2D eigenvalue weighted by atomic mass is 10.1. The number of rotatable bonds is 4. The van der Waals surface area contributed by atoms with Gasteiger partial charge >= 0.3 is 6.18 Å². The van der Waals surface area contributed by atoms with Crippen LogP contribution in [0, 0.1) is 0 Å². The minimum absolute atomic E-state index is 0.118. The molecular weight excluding hydrogens is 319 g/mol. The van der Waals surface area contributed by atoms with E-state index >= 15 is 0 Å². The van der Waals surface area contributed by atoms with E-state index in [9.17, 15) is 13.2 Å². The number of fused-ring (bicyclic) bond motifs is 1. The highest BCUT2D eigenvalue weighted by molar-refractivity contribution is 5.99. The first-order chi connectivity index (χ1) is 11.4. The van der Waals surface area contributed by atoms with Crippen LogP contribution in [0.15, 0.2) is 40.9 Å². The molecule has 0 bridgehead atoms. The Bertz CT molecular complexity index is 871. The number of benzene rings is 1. The van der Waals surface area contributed by atoms with Crippen molar-refractivity contribution in [2.24, 2.45) is 0 Å². The first-order valence-corrected chi connectivity index (χ1v) is 7.50. The van der Waals surface area contributed by atoms with E-state index in [0.29, 0.717) is 16.7 Å². The molecule has 126 valence electrons. The molecule has 0 unspecified atom stereocenters. The predicted octanol–water partition coefficient (Wildman–Crippen LogP) is 5.12. The number of halogens is 3. The second-order valence-electron chi connectivity index (χ2n) is 5.43. The molecule has 0 saturated carbocycles. The van der Waals surface area contributed by atoms with Crippen molar-refractivity contribution in [1.82, 2.24) is 4.98 Å². The number of alkyl halides is 3. The summed E-state index contributed by atoms with van der Waals surface area (Å²) in [5.41, 5.74) is 7.25. The zero-order valence-electron chi connectivity index (χ0n) is 12.9. The number of nitrogens with two attached hydrogens (primary N) is 1. The van der Waals surface area contributed by atoms with Crippen molar-refractivity contribution in [2.45, 2.75) is 25.9 Å². The van der Waals surface area contributed by atoms with Gasteiger partial charge in [0.05, 0.1) is 11.3 Å². The Labute approximate surface area is 136 Å². The molecule has 0 aliphatic rings. The Balaban J connectivity index is 2.02. The van der Waals surface area contributed by atoms with Crippen LogP contribution in [0.25, 0.3) is 11.0 Å². The van der Waals surface area contributed by atoms with Gasteiger partial charge < -0.3 is 15.5 Å². The van der Waals surface area contributed by atoms with Crippen LogP contribution in [-0.4, -0.2) is 4.98 Å². The van der Waals surface area contributed by atoms with Crippen LogP contribution in [0.2, 0.25) is 0 Å². The Morgan fingerprint density at radius 3 is 2.75 bits per heavy atom. The molecule has 7 heteroatoms.